The van der Waals surface area contributed by atoms with Crippen molar-refractivity contribution in [2.24, 2.45) is 0 Å². The van der Waals surface area contributed by atoms with Crippen molar-refractivity contribution in [3.63, 3.8) is 0 Å². The van der Waals surface area contributed by atoms with Gasteiger partial charge in [-0.15, -0.1) is 11.3 Å². The quantitative estimate of drug-likeness (QED) is 0.726. The molecule has 0 radical (unpaired) electrons. The number of carbonyl (C=O) groups excluding carboxylic acids is 1. The molecule has 3 atom stereocenters. The van der Waals surface area contributed by atoms with Gasteiger partial charge in [0.15, 0.2) is 0 Å². The van der Waals surface area contributed by atoms with E-state index in [0.29, 0.717) is 18.1 Å². The summed E-state index contributed by atoms with van der Waals surface area (Å²) in [4.78, 5) is 22.8. The van der Waals surface area contributed by atoms with Gasteiger partial charge in [0.25, 0.3) is 5.91 Å². The SMILES string of the molecule is CO[C@@]12CC[C@@H](Oc3ccccn3)C[C@@H]1N(C(=O)c1cc3sccc3[nH]1)CC2. The molecule has 0 aromatic carbocycles. The fourth-order valence-electron chi connectivity index (χ4n) is 4.72. The zero-order chi connectivity index (χ0) is 19.1. The monoisotopic (exact) mass is 397 g/mol. The standard InChI is InChI=1S/C21H23N3O3S/c1-26-21-7-5-14(27-19-4-2-3-9-22-19)12-18(21)24(10-8-21)20(25)16-13-17-15(23-16)6-11-28-17/h2-4,6,9,11,13-14,18,23H,5,7-8,10,12H2,1H3/t14-,18+,21-/m1/s1. The zero-order valence-corrected chi connectivity index (χ0v) is 16.6. The molecule has 1 aliphatic carbocycles. The minimum atomic E-state index is -0.274. The summed E-state index contributed by atoms with van der Waals surface area (Å²) in [6.07, 6.45) is 5.18. The molecule has 2 fully saturated rings. The third kappa shape index (κ3) is 2.89. The highest BCUT2D eigenvalue weighted by atomic mass is 32.1. The van der Waals surface area contributed by atoms with Gasteiger partial charge in [-0.25, -0.2) is 4.98 Å². The predicted octanol–water partition coefficient (Wildman–Crippen LogP) is 3.86. The van der Waals surface area contributed by atoms with Gasteiger partial charge < -0.3 is 19.4 Å². The van der Waals surface area contributed by atoms with Crippen LogP contribution in [0.15, 0.2) is 41.9 Å². The van der Waals surface area contributed by atoms with Crippen molar-refractivity contribution in [1.29, 1.82) is 0 Å². The number of aromatic nitrogens is 2. The minimum absolute atomic E-state index is 0.00815. The highest BCUT2D eigenvalue weighted by Gasteiger charge is 2.53. The van der Waals surface area contributed by atoms with E-state index in [9.17, 15) is 4.79 Å². The Labute approximate surface area is 167 Å². The molecular weight excluding hydrogens is 374 g/mol. The van der Waals surface area contributed by atoms with Crippen LogP contribution in [0.25, 0.3) is 10.2 Å². The number of fused-ring (bicyclic) bond motifs is 2. The van der Waals surface area contributed by atoms with E-state index in [1.807, 2.05) is 40.6 Å². The van der Waals surface area contributed by atoms with E-state index in [1.165, 1.54) is 0 Å². The van der Waals surface area contributed by atoms with Crippen LogP contribution in [-0.4, -0.2) is 52.2 Å². The van der Waals surface area contributed by atoms with Crippen molar-refractivity contribution in [2.75, 3.05) is 13.7 Å². The van der Waals surface area contributed by atoms with Gasteiger partial charge in [-0.1, -0.05) is 6.07 Å². The number of amides is 1. The van der Waals surface area contributed by atoms with Crippen molar-refractivity contribution >= 4 is 27.5 Å². The number of rotatable bonds is 4. The molecule has 146 valence electrons. The molecule has 6 nitrogen and oxygen atoms in total. The van der Waals surface area contributed by atoms with Gasteiger partial charge in [0.2, 0.25) is 5.88 Å². The van der Waals surface area contributed by atoms with E-state index in [0.717, 1.165) is 35.9 Å². The minimum Gasteiger partial charge on any atom is -0.474 e. The van der Waals surface area contributed by atoms with Crippen molar-refractivity contribution in [1.82, 2.24) is 14.9 Å². The highest BCUT2D eigenvalue weighted by molar-refractivity contribution is 7.17. The molecule has 3 aromatic heterocycles. The molecule has 7 heteroatoms. The summed E-state index contributed by atoms with van der Waals surface area (Å²) < 4.78 is 13.2. The Morgan fingerprint density at radius 1 is 1.36 bits per heavy atom. The number of H-pyrrole nitrogens is 1. The Kier molecular flexibility index (Phi) is 4.36. The van der Waals surface area contributed by atoms with Crippen LogP contribution in [0.3, 0.4) is 0 Å². The lowest BCUT2D eigenvalue weighted by Gasteiger charge is -2.43. The van der Waals surface area contributed by atoms with E-state index in [4.69, 9.17) is 9.47 Å². The average Bonchev–Trinajstić information content (AvgIpc) is 3.41. The Morgan fingerprint density at radius 2 is 2.29 bits per heavy atom. The molecule has 1 amide bonds. The molecule has 0 spiro atoms. The van der Waals surface area contributed by atoms with Gasteiger partial charge in [-0.05, 0) is 42.8 Å². The molecular formula is C21H23N3O3S. The molecule has 1 saturated heterocycles. The van der Waals surface area contributed by atoms with Crippen LogP contribution in [0.4, 0.5) is 0 Å². The molecule has 0 unspecified atom stereocenters. The topological polar surface area (TPSA) is 67.5 Å². The number of ether oxygens (including phenoxy) is 2. The van der Waals surface area contributed by atoms with Crippen LogP contribution in [0.2, 0.25) is 0 Å². The third-order valence-corrected chi connectivity index (χ3v) is 7.06. The summed E-state index contributed by atoms with van der Waals surface area (Å²) >= 11 is 1.64. The Hall–Kier alpha value is -2.38. The highest BCUT2D eigenvalue weighted by Crippen LogP contribution is 2.43. The maximum atomic E-state index is 13.3. The summed E-state index contributed by atoms with van der Waals surface area (Å²) in [7, 11) is 1.77. The van der Waals surface area contributed by atoms with E-state index < -0.39 is 0 Å². The first-order valence-corrected chi connectivity index (χ1v) is 10.6. The summed E-state index contributed by atoms with van der Waals surface area (Å²) in [5, 5.41) is 2.03. The van der Waals surface area contributed by atoms with Crippen molar-refractivity contribution in [3.8, 4) is 5.88 Å². The van der Waals surface area contributed by atoms with Gasteiger partial charge in [-0.2, -0.15) is 0 Å². The van der Waals surface area contributed by atoms with E-state index in [2.05, 4.69) is 9.97 Å². The van der Waals surface area contributed by atoms with Crippen LogP contribution in [0.1, 0.15) is 36.2 Å². The molecule has 1 aliphatic heterocycles. The molecule has 4 heterocycles. The zero-order valence-electron chi connectivity index (χ0n) is 15.8. The number of nitrogens with one attached hydrogen (secondary N) is 1. The van der Waals surface area contributed by atoms with Crippen LogP contribution in [0, 0.1) is 0 Å². The second-order valence-corrected chi connectivity index (χ2v) is 8.54. The molecule has 0 bridgehead atoms. The number of carbonyl (C=O) groups is 1. The molecule has 3 aromatic rings. The fourth-order valence-corrected chi connectivity index (χ4v) is 5.50. The third-order valence-electron chi connectivity index (χ3n) is 6.20. The lowest BCUT2D eigenvalue weighted by atomic mass is 9.79. The van der Waals surface area contributed by atoms with E-state index >= 15 is 0 Å². The summed E-state index contributed by atoms with van der Waals surface area (Å²) in [5.74, 6) is 0.684. The number of hydrogen-bond acceptors (Lipinski definition) is 5. The van der Waals surface area contributed by atoms with Crippen LogP contribution in [0.5, 0.6) is 5.88 Å². The van der Waals surface area contributed by atoms with Gasteiger partial charge in [-0.3, -0.25) is 4.79 Å². The number of hydrogen-bond donors (Lipinski definition) is 1. The maximum Gasteiger partial charge on any atom is 0.270 e. The lowest BCUT2D eigenvalue weighted by Crippen LogP contribution is -2.53. The van der Waals surface area contributed by atoms with Crippen molar-refractivity contribution in [2.45, 2.75) is 43.4 Å². The summed E-state index contributed by atoms with van der Waals surface area (Å²) in [6.45, 7) is 0.709. The number of aromatic amines is 1. The number of methoxy groups -OCH3 is 1. The number of nitrogens with zero attached hydrogens (tertiary/aromatic N) is 2. The summed E-state index contributed by atoms with van der Waals surface area (Å²) in [6, 6.07) is 9.65. The molecule has 2 aliphatic rings. The number of thiophene rings is 1. The van der Waals surface area contributed by atoms with Gasteiger partial charge in [0.1, 0.15) is 11.8 Å². The normalized spacial score (nSPS) is 27.1. The smallest absolute Gasteiger partial charge is 0.270 e. The van der Waals surface area contributed by atoms with Gasteiger partial charge in [0.05, 0.1) is 21.9 Å². The number of pyridine rings is 1. The second kappa shape index (κ2) is 6.90. The lowest BCUT2D eigenvalue weighted by molar-refractivity contribution is -0.0788. The second-order valence-electron chi connectivity index (χ2n) is 7.60. The summed E-state index contributed by atoms with van der Waals surface area (Å²) in [5.41, 5.74) is 1.40. The number of likely N-dealkylation sites (tertiary alicyclic amines) is 1. The fraction of sp³-hybridized carbons (Fsp3) is 0.429. The average molecular weight is 398 g/mol. The Bertz CT molecular complexity index is 957. The van der Waals surface area contributed by atoms with Crippen molar-refractivity contribution in [3.05, 3.63) is 47.6 Å². The Morgan fingerprint density at radius 3 is 3.07 bits per heavy atom. The first kappa shape index (κ1) is 17.7. The first-order chi connectivity index (χ1) is 13.7. The van der Waals surface area contributed by atoms with Crippen LogP contribution >= 0.6 is 11.3 Å². The molecule has 1 N–H and O–H groups in total. The predicted molar refractivity (Wildman–Crippen MR) is 108 cm³/mol. The van der Waals surface area contributed by atoms with E-state index in [1.54, 1.807) is 24.6 Å². The van der Waals surface area contributed by atoms with Gasteiger partial charge in [0, 0.05) is 32.3 Å². The maximum absolute atomic E-state index is 13.3. The first-order valence-electron chi connectivity index (χ1n) is 9.68. The molecule has 1 saturated carbocycles. The largest absolute Gasteiger partial charge is 0.474 e. The van der Waals surface area contributed by atoms with E-state index in [-0.39, 0.29) is 23.7 Å². The molecule has 5 rings (SSSR count). The van der Waals surface area contributed by atoms with Gasteiger partial charge >= 0.3 is 0 Å². The Balaban J connectivity index is 1.38. The van der Waals surface area contributed by atoms with Crippen LogP contribution < -0.4 is 4.74 Å². The van der Waals surface area contributed by atoms with Crippen LogP contribution in [-0.2, 0) is 4.74 Å². The van der Waals surface area contributed by atoms with Crippen molar-refractivity contribution < 1.29 is 14.3 Å². The molecule has 28 heavy (non-hydrogen) atoms.